The maximum absolute atomic E-state index is 12.1. The molecule has 2 heterocycles. The van der Waals surface area contributed by atoms with Crippen molar-refractivity contribution in [2.24, 2.45) is 0 Å². The van der Waals surface area contributed by atoms with E-state index in [0.717, 1.165) is 10.7 Å². The summed E-state index contributed by atoms with van der Waals surface area (Å²) in [7, 11) is 0. The van der Waals surface area contributed by atoms with Crippen molar-refractivity contribution in [1.82, 2.24) is 19.7 Å². The predicted octanol–water partition coefficient (Wildman–Crippen LogP) is 3.34. The van der Waals surface area contributed by atoms with Crippen LogP contribution >= 0.6 is 22.9 Å². The normalized spacial score (nSPS) is 11.0. The molecule has 3 aromatic rings. The van der Waals surface area contributed by atoms with Crippen molar-refractivity contribution >= 4 is 40.6 Å². The molecule has 23 heavy (non-hydrogen) atoms. The number of amides is 1. The summed E-state index contributed by atoms with van der Waals surface area (Å²) in [5.74, 6) is -0.278. The summed E-state index contributed by atoms with van der Waals surface area (Å²) >= 11 is 7.55. The minimum atomic E-state index is -0.278. The molecule has 2 aromatic heterocycles. The fourth-order valence-corrected chi connectivity index (χ4v) is 2.69. The molecule has 0 saturated heterocycles. The summed E-state index contributed by atoms with van der Waals surface area (Å²) in [6, 6.07) is 5.15. The Kier molecular flexibility index (Phi) is 4.50. The molecule has 6 nitrogen and oxygen atoms in total. The standard InChI is InChI=1S/C15H12ClN5OS/c1-10-19-12(7-23-10)3-5-15(22)20-13-6-11(16)2-4-14(13)21-9-17-8-18-21/h2-9H,1H3,(H,20,22)/b5-3+. The first-order valence-electron chi connectivity index (χ1n) is 6.67. The number of nitrogens with zero attached hydrogens (tertiary/aromatic N) is 4. The van der Waals surface area contributed by atoms with Gasteiger partial charge in [0, 0.05) is 16.5 Å². The zero-order valence-electron chi connectivity index (χ0n) is 12.1. The van der Waals surface area contributed by atoms with E-state index in [4.69, 9.17) is 11.6 Å². The second-order valence-corrected chi connectivity index (χ2v) is 6.11. The minimum Gasteiger partial charge on any atom is -0.321 e. The van der Waals surface area contributed by atoms with Gasteiger partial charge >= 0.3 is 0 Å². The highest BCUT2D eigenvalue weighted by Crippen LogP contribution is 2.24. The van der Waals surface area contributed by atoms with Crippen LogP contribution < -0.4 is 5.32 Å². The molecule has 0 fully saturated rings. The van der Waals surface area contributed by atoms with Gasteiger partial charge in [-0.1, -0.05) is 11.6 Å². The Hall–Kier alpha value is -2.51. The van der Waals surface area contributed by atoms with E-state index in [2.05, 4.69) is 20.4 Å². The van der Waals surface area contributed by atoms with Crippen molar-refractivity contribution in [3.05, 3.63) is 58.0 Å². The van der Waals surface area contributed by atoms with Gasteiger partial charge in [0.05, 0.1) is 22.1 Å². The lowest BCUT2D eigenvalue weighted by Gasteiger charge is -2.09. The Bertz CT molecular complexity index is 857. The first-order chi connectivity index (χ1) is 11.1. The number of carbonyl (C=O) groups is 1. The third-order valence-corrected chi connectivity index (χ3v) is 3.95. The lowest BCUT2D eigenvalue weighted by Crippen LogP contribution is -2.11. The van der Waals surface area contributed by atoms with Crippen molar-refractivity contribution in [3.8, 4) is 5.69 Å². The first-order valence-corrected chi connectivity index (χ1v) is 7.93. The molecule has 0 spiro atoms. The van der Waals surface area contributed by atoms with Crippen molar-refractivity contribution in [2.45, 2.75) is 6.92 Å². The summed E-state index contributed by atoms with van der Waals surface area (Å²) < 4.78 is 1.56. The SMILES string of the molecule is Cc1nc(/C=C/C(=O)Nc2cc(Cl)ccc2-n2cncn2)cs1. The molecule has 0 aliphatic heterocycles. The van der Waals surface area contributed by atoms with Gasteiger partial charge in [-0.25, -0.2) is 14.6 Å². The van der Waals surface area contributed by atoms with Gasteiger partial charge in [0.2, 0.25) is 5.91 Å². The molecule has 0 saturated carbocycles. The summed E-state index contributed by atoms with van der Waals surface area (Å²) in [4.78, 5) is 20.3. The van der Waals surface area contributed by atoms with E-state index < -0.39 is 0 Å². The summed E-state index contributed by atoms with van der Waals surface area (Å²) in [6.45, 7) is 1.92. The van der Waals surface area contributed by atoms with Crippen LogP contribution in [0, 0.1) is 6.92 Å². The molecule has 0 unspecified atom stereocenters. The Morgan fingerprint density at radius 3 is 3.00 bits per heavy atom. The van der Waals surface area contributed by atoms with Crippen LogP contribution in [0.4, 0.5) is 5.69 Å². The molecule has 3 rings (SSSR count). The van der Waals surface area contributed by atoms with Crippen LogP contribution in [0.15, 0.2) is 42.3 Å². The number of anilines is 1. The molecule has 1 N–H and O–H groups in total. The van der Waals surface area contributed by atoms with Gasteiger partial charge in [-0.15, -0.1) is 11.3 Å². The third-order valence-electron chi connectivity index (χ3n) is 2.92. The van der Waals surface area contributed by atoms with Gasteiger partial charge in [-0.05, 0) is 31.2 Å². The maximum atomic E-state index is 12.1. The van der Waals surface area contributed by atoms with Crippen LogP contribution in [0.1, 0.15) is 10.7 Å². The molecule has 0 radical (unpaired) electrons. The molecule has 0 atom stereocenters. The topological polar surface area (TPSA) is 72.7 Å². The molecule has 1 amide bonds. The summed E-state index contributed by atoms with van der Waals surface area (Å²) in [6.07, 6.45) is 6.07. The Morgan fingerprint density at radius 1 is 1.43 bits per heavy atom. The maximum Gasteiger partial charge on any atom is 0.248 e. The molecular formula is C15H12ClN5OS. The zero-order valence-corrected chi connectivity index (χ0v) is 13.7. The number of aromatic nitrogens is 4. The number of halogens is 1. The van der Waals surface area contributed by atoms with Gasteiger partial charge in [-0.3, -0.25) is 4.79 Å². The molecule has 116 valence electrons. The molecule has 0 aliphatic carbocycles. The van der Waals surface area contributed by atoms with E-state index in [9.17, 15) is 4.79 Å². The molecule has 0 bridgehead atoms. The predicted molar refractivity (Wildman–Crippen MR) is 90.9 cm³/mol. The van der Waals surface area contributed by atoms with Crippen LogP contribution in [0.5, 0.6) is 0 Å². The fourth-order valence-electron chi connectivity index (χ4n) is 1.93. The second-order valence-electron chi connectivity index (χ2n) is 4.62. The van der Waals surface area contributed by atoms with Crippen LogP contribution in [-0.4, -0.2) is 25.7 Å². The number of carbonyl (C=O) groups excluding carboxylic acids is 1. The number of aryl methyl sites for hydroxylation is 1. The Labute approximate surface area is 141 Å². The van der Waals surface area contributed by atoms with Gasteiger partial charge in [0.15, 0.2) is 0 Å². The van der Waals surface area contributed by atoms with E-state index in [1.165, 1.54) is 23.7 Å². The lowest BCUT2D eigenvalue weighted by atomic mass is 10.2. The average molecular weight is 346 g/mol. The molecule has 8 heteroatoms. The summed E-state index contributed by atoms with van der Waals surface area (Å²) in [5, 5.41) is 10.2. The number of benzene rings is 1. The Morgan fingerprint density at radius 2 is 2.30 bits per heavy atom. The zero-order chi connectivity index (χ0) is 16.2. The average Bonchev–Trinajstić information content (AvgIpc) is 3.17. The van der Waals surface area contributed by atoms with Crippen molar-refractivity contribution in [1.29, 1.82) is 0 Å². The van der Waals surface area contributed by atoms with E-state index in [0.29, 0.717) is 16.4 Å². The number of thiazole rings is 1. The highest BCUT2D eigenvalue weighted by atomic mass is 35.5. The van der Waals surface area contributed by atoms with Gasteiger partial charge < -0.3 is 5.32 Å². The highest BCUT2D eigenvalue weighted by molar-refractivity contribution is 7.09. The lowest BCUT2D eigenvalue weighted by molar-refractivity contribution is -0.111. The third kappa shape index (κ3) is 3.82. The first kappa shape index (κ1) is 15.4. The number of hydrogen-bond acceptors (Lipinski definition) is 5. The second kappa shape index (κ2) is 6.72. The number of hydrogen-bond donors (Lipinski definition) is 1. The molecular weight excluding hydrogens is 334 g/mol. The van der Waals surface area contributed by atoms with Crippen molar-refractivity contribution < 1.29 is 4.79 Å². The largest absolute Gasteiger partial charge is 0.321 e. The molecule has 1 aromatic carbocycles. The fraction of sp³-hybridized carbons (Fsp3) is 0.0667. The minimum absolute atomic E-state index is 0.278. The van der Waals surface area contributed by atoms with Crippen LogP contribution in [0.2, 0.25) is 5.02 Å². The summed E-state index contributed by atoms with van der Waals surface area (Å²) in [5.41, 5.74) is 1.98. The highest BCUT2D eigenvalue weighted by Gasteiger charge is 2.08. The van der Waals surface area contributed by atoms with E-state index in [1.54, 1.807) is 35.3 Å². The van der Waals surface area contributed by atoms with Crippen molar-refractivity contribution in [3.63, 3.8) is 0 Å². The number of rotatable bonds is 4. The molecule has 0 aliphatic rings. The van der Waals surface area contributed by atoms with Crippen molar-refractivity contribution in [2.75, 3.05) is 5.32 Å². The number of nitrogens with one attached hydrogen (secondary N) is 1. The van der Waals surface area contributed by atoms with E-state index >= 15 is 0 Å². The van der Waals surface area contributed by atoms with Crippen LogP contribution in [-0.2, 0) is 4.79 Å². The smallest absolute Gasteiger partial charge is 0.248 e. The van der Waals surface area contributed by atoms with Crippen LogP contribution in [0.3, 0.4) is 0 Å². The van der Waals surface area contributed by atoms with Gasteiger partial charge in [0.1, 0.15) is 12.7 Å². The van der Waals surface area contributed by atoms with Gasteiger partial charge in [0.25, 0.3) is 0 Å². The van der Waals surface area contributed by atoms with E-state index in [-0.39, 0.29) is 5.91 Å². The van der Waals surface area contributed by atoms with E-state index in [1.807, 2.05) is 12.3 Å². The van der Waals surface area contributed by atoms with Crippen LogP contribution in [0.25, 0.3) is 11.8 Å². The van der Waals surface area contributed by atoms with Gasteiger partial charge in [-0.2, -0.15) is 5.10 Å². The monoisotopic (exact) mass is 345 g/mol. The Balaban J connectivity index is 1.80. The quantitative estimate of drug-likeness (QED) is 0.736.